The van der Waals surface area contributed by atoms with Gasteiger partial charge in [0.05, 0.1) is 0 Å². The summed E-state index contributed by atoms with van der Waals surface area (Å²) in [6.45, 7) is 0. The van der Waals surface area contributed by atoms with Crippen LogP contribution in [-0.2, 0) is 0 Å². The van der Waals surface area contributed by atoms with Crippen LogP contribution in [0.3, 0.4) is 0 Å². The molecule has 0 spiro atoms. The van der Waals surface area contributed by atoms with Gasteiger partial charge in [-0.1, -0.05) is 22.0 Å². The van der Waals surface area contributed by atoms with Crippen molar-refractivity contribution < 1.29 is 4.74 Å². The van der Waals surface area contributed by atoms with E-state index in [-0.39, 0.29) is 6.10 Å². The van der Waals surface area contributed by atoms with Crippen LogP contribution in [0.15, 0.2) is 40.9 Å². The fourth-order valence-electron chi connectivity index (χ4n) is 1.57. The summed E-state index contributed by atoms with van der Waals surface area (Å²) in [4.78, 5) is 0. The van der Waals surface area contributed by atoms with Crippen LogP contribution < -0.4 is 4.74 Å². The molecule has 0 bridgehead atoms. The van der Waals surface area contributed by atoms with Crippen LogP contribution in [0.25, 0.3) is 0 Å². The summed E-state index contributed by atoms with van der Waals surface area (Å²) in [5.74, 6) is 0.949. The molecule has 0 radical (unpaired) electrons. The molecule has 2 rings (SSSR count). The van der Waals surface area contributed by atoms with Crippen molar-refractivity contribution in [2.75, 3.05) is 0 Å². The third-order valence-corrected chi connectivity index (χ3v) is 2.84. The highest BCUT2D eigenvalue weighted by atomic mass is 79.9. The lowest BCUT2D eigenvalue weighted by Crippen LogP contribution is -2.15. The zero-order valence-electron chi connectivity index (χ0n) is 7.95. The van der Waals surface area contributed by atoms with E-state index in [2.05, 4.69) is 28.1 Å². The molecule has 0 saturated heterocycles. The van der Waals surface area contributed by atoms with Crippen molar-refractivity contribution in [1.82, 2.24) is 0 Å². The van der Waals surface area contributed by atoms with Gasteiger partial charge in [-0.05, 0) is 49.6 Å². The van der Waals surface area contributed by atoms with Crippen LogP contribution in [0, 0.1) is 0 Å². The first-order valence-corrected chi connectivity index (χ1v) is 5.73. The molecule has 0 fully saturated rings. The Hall–Kier alpha value is -0.760. The van der Waals surface area contributed by atoms with Crippen molar-refractivity contribution in [3.05, 3.63) is 40.9 Å². The minimum atomic E-state index is 0.268. The summed E-state index contributed by atoms with van der Waals surface area (Å²) in [6, 6.07) is 7.99. The molecule has 1 aromatic rings. The highest BCUT2D eigenvalue weighted by Gasteiger charge is 2.09. The molecule has 0 aromatic heterocycles. The number of hydrogen-bond acceptors (Lipinski definition) is 1. The largest absolute Gasteiger partial charge is 0.486 e. The molecular formula is C12H13BrO. The minimum Gasteiger partial charge on any atom is -0.486 e. The molecule has 0 aliphatic heterocycles. The fraction of sp³-hybridized carbons (Fsp3) is 0.333. The van der Waals surface area contributed by atoms with Crippen molar-refractivity contribution in [3.63, 3.8) is 0 Å². The van der Waals surface area contributed by atoms with Crippen LogP contribution >= 0.6 is 15.9 Å². The second kappa shape index (κ2) is 4.65. The Balaban J connectivity index is 1.99. The molecule has 1 aliphatic carbocycles. The smallest absolute Gasteiger partial charge is 0.120 e. The lowest BCUT2D eigenvalue weighted by atomic mass is 10.1. The van der Waals surface area contributed by atoms with Gasteiger partial charge in [-0.2, -0.15) is 0 Å². The highest BCUT2D eigenvalue weighted by molar-refractivity contribution is 9.10. The number of halogens is 1. The third-order valence-electron chi connectivity index (χ3n) is 2.31. The topological polar surface area (TPSA) is 9.23 Å². The van der Waals surface area contributed by atoms with E-state index in [4.69, 9.17) is 4.74 Å². The van der Waals surface area contributed by atoms with Gasteiger partial charge in [0.15, 0.2) is 0 Å². The Morgan fingerprint density at radius 1 is 1.21 bits per heavy atom. The molecule has 1 aromatic carbocycles. The van der Waals surface area contributed by atoms with Gasteiger partial charge in [0.1, 0.15) is 11.9 Å². The summed E-state index contributed by atoms with van der Waals surface area (Å²) < 4.78 is 6.89. The summed E-state index contributed by atoms with van der Waals surface area (Å²) in [7, 11) is 0. The van der Waals surface area contributed by atoms with Crippen LogP contribution in [0.2, 0.25) is 0 Å². The molecule has 0 N–H and O–H groups in total. The highest BCUT2D eigenvalue weighted by Crippen LogP contribution is 2.20. The average molecular weight is 253 g/mol. The van der Waals surface area contributed by atoms with Gasteiger partial charge in [-0.3, -0.25) is 0 Å². The van der Waals surface area contributed by atoms with Crippen LogP contribution in [0.1, 0.15) is 19.3 Å². The molecule has 1 nitrogen and oxygen atoms in total. The summed E-state index contributed by atoms with van der Waals surface area (Å²) in [5, 5.41) is 0. The molecule has 1 unspecified atom stereocenters. The normalized spacial score (nSPS) is 20.8. The van der Waals surface area contributed by atoms with E-state index in [1.165, 1.54) is 12.8 Å². The predicted octanol–water partition coefficient (Wildman–Crippen LogP) is 3.94. The Morgan fingerprint density at radius 2 is 2.00 bits per heavy atom. The summed E-state index contributed by atoms with van der Waals surface area (Å²) in [5.41, 5.74) is 0. The number of hydrogen-bond donors (Lipinski definition) is 0. The maximum Gasteiger partial charge on any atom is 0.120 e. The van der Waals surface area contributed by atoms with E-state index >= 15 is 0 Å². The van der Waals surface area contributed by atoms with E-state index in [1.54, 1.807) is 0 Å². The molecule has 14 heavy (non-hydrogen) atoms. The molecule has 1 aliphatic rings. The molecule has 74 valence electrons. The maximum absolute atomic E-state index is 5.80. The molecule has 0 amide bonds. The van der Waals surface area contributed by atoms with Gasteiger partial charge in [-0.25, -0.2) is 0 Å². The lowest BCUT2D eigenvalue weighted by Gasteiger charge is -2.18. The van der Waals surface area contributed by atoms with Gasteiger partial charge >= 0.3 is 0 Å². The van der Waals surface area contributed by atoms with E-state index in [0.717, 1.165) is 16.6 Å². The zero-order valence-corrected chi connectivity index (χ0v) is 9.53. The van der Waals surface area contributed by atoms with Crippen molar-refractivity contribution in [3.8, 4) is 5.75 Å². The van der Waals surface area contributed by atoms with Gasteiger partial charge < -0.3 is 4.74 Å². The molecular weight excluding hydrogens is 240 g/mol. The SMILES string of the molecule is Brc1ccc(OC2C=CCCC2)cc1. The predicted molar refractivity (Wildman–Crippen MR) is 61.5 cm³/mol. The zero-order chi connectivity index (χ0) is 9.80. The quantitative estimate of drug-likeness (QED) is 0.725. The lowest BCUT2D eigenvalue weighted by molar-refractivity contribution is 0.230. The van der Waals surface area contributed by atoms with Crippen molar-refractivity contribution >= 4 is 15.9 Å². The second-order valence-electron chi connectivity index (χ2n) is 3.47. The third kappa shape index (κ3) is 2.61. The standard InChI is InChI=1S/C12H13BrO/c13-10-6-8-12(9-7-10)14-11-4-2-1-3-5-11/h2,4,6-9,11H,1,3,5H2. The monoisotopic (exact) mass is 252 g/mol. The number of benzene rings is 1. The fourth-order valence-corrected chi connectivity index (χ4v) is 1.83. The maximum atomic E-state index is 5.80. The van der Waals surface area contributed by atoms with Crippen LogP contribution in [-0.4, -0.2) is 6.10 Å². The Labute approximate surface area is 92.9 Å². The van der Waals surface area contributed by atoms with Crippen LogP contribution in [0.4, 0.5) is 0 Å². The van der Waals surface area contributed by atoms with E-state index in [1.807, 2.05) is 24.3 Å². The first-order valence-electron chi connectivity index (χ1n) is 4.93. The van der Waals surface area contributed by atoms with E-state index in [0.29, 0.717) is 0 Å². The Bertz CT molecular complexity index is 316. The van der Waals surface area contributed by atoms with E-state index < -0.39 is 0 Å². The van der Waals surface area contributed by atoms with Gasteiger partial charge in [0.25, 0.3) is 0 Å². The summed E-state index contributed by atoms with van der Waals surface area (Å²) >= 11 is 3.40. The minimum absolute atomic E-state index is 0.268. The second-order valence-corrected chi connectivity index (χ2v) is 4.38. The molecule has 0 saturated carbocycles. The molecule has 1 atom stereocenters. The van der Waals surface area contributed by atoms with Gasteiger partial charge in [-0.15, -0.1) is 0 Å². The van der Waals surface area contributed by atoms with Crippen molar-refractivity contribution in [1.29, 1.82) is 0 Å². The molecule has 0 heterocycles. The Kier molecular flexibility index (Phi) is 3.25. The Morgan fingerprint density at radius 3 is 2.64 bits per heavy atom. The summed E-state index contributed by atoms with van der Waals surface area (Å²) in [6.07, 6.45) is 8.19. The average Bonchev–Trinajstić information content (AvgIpc) is 2.23. The van der Waals surface area contributed by atoms with Gasteiger partial charge in [0.2, 0.25) is 0 Å². The van der Waals surface area contributed by atoms with E-state index in [9.17, 15) is 0 Å². The number of rotatable bonds is 2. The van der Waals surface area contributed by atoms with Gasteiger partial charge in [0, 0.05) is 4.47 Å². The number of ether oxygens (including phenoxy) is 1. The first-order chi connectivity index (χ1) is 6.84. The van der Waals surface area contributed by atoms with Crippen molar-refractivity contribution in [2.45, 2.75) is 25.4 Å². The molecule has 2 heteroatoms. The number of allylic oxidation sites excluding steroid dienone is 1. The van der Waals surface area contributed by atoms with Crippen LogP contribution in [0.5, 0.6) is 5.75 Å². The van der Waals surface area contributed by atoms with Crippen molar-refractivity contribution in [2.24, 2.45) is 0 Å². The first kappa shape index (κ1) is 9.78.